The van der Waals surface area contributed by atoms with Crippen LogP contribution in [0.25, 0.3) is 11.9 Å². The van der Waals surface area contributed by atoms with Crippen LogP contribution in [0.2, 0.25) is 0 Å². The standard InChI is InChI=1S/C21H23N7O2S/c1-3-4-19(31-8-7-22)16-10-20(27-15-5-6-15)28-18(12-24-16)14(11-26-28)9-17(25-13-29)21(30)23-2/h3-4,9-11,13,15,27H,1,5-6,8,12H2,2H3,(H,23,30)(H,25,29)/b17-9-,19-4-. The third kappa shape index (κ3) is 5.52. The highest BCUT2D eigenvalue weighted by atomic mass is 32.2. The van der Waals surface area contributed by atoms with Crippen LogP contribution >= 0.6 is 11.8 Å². The van der Waals surface area contributed by atoms with Crippen molar-refractivity contribution in [3.05, 3.63) is 52.9 Å². The monoisotopic (exact) mass is 437 g/mol. The van der Waals surface area contributed by atoms with E-state index in [1.165, 1.54) is 18.8 Å². The van der Waals surface area contributed by atoms with Gasteiger partial charge < -0.3 is 16.0 Å². The van der Waals surface area contributed by atoms with Crippen LogP contribution in [0.15, 0.2) is 46.6 Å². The van der Waals surface area contributed by atoms with Gasteiger partial charge in [0.1, 0.15) is 11.5 Å². The van der Waals surface area contributed by atoms with Gasteiger partial charge in [0.05, 0.1) is 36.0 Å². The molecule has 1 aromatic heterocycles. The molecule has 1 aliphatic heterocycles. The van der Waals surface area contributed by atoms with Crippen molar-refractivity contribution in [1.82, 2.24) is 25.7 Å². The number of rotatable bonds is 10. The summed E-state index contributed by atoms with van der Waals surface area (Å²) < 4.78 is 1.77. The van der Waals surface area contributed by atoms with E-state index in [-0.39, 0.29) is 5.70 Å². The second kappa shape index (κ2) is 10.4. The van der Waals surface area contributed by atoms with Crippen molar-refractivity contribution in [1.29, 1.82) is 5.26 Å². The average Bonchev–Trinajstić information content (AvgIpc) is 3.54. The van der Waals surface area contributed by atoms with Gasteiger partial charge in [0.15, 0.2) is 0 Å². The number of amides is 2. The Balaban J connectivity index is 2.03. The number of likely N-dealkylation sites (N-methyl/N-ethyl adjacent to an activating group) is 1. The molecule has 0 radical (unpaired) electrons. The minimum atomic E-state index is -0.416. The first kappa shape index (κ1) is 22.1. The zero-order valence-corrected chi connectivity index (χ0v) is 17.9. The molecule has 1 aliphatic carbocycles. The molecule has 0 bridgehead atoms. The maximum atomic E-state index is 12.1. The fourth-order valence-corrected chi connectivity index (χ4v) is 3.59. The van der Waals surface area contributed by atoms with Crippen molar-refractivity contribution in [3.63, 3.8) is 0 Å². The predicted molar refractivity (Wildman–Crippen MR) is 121 cm³/mol. The number of allylic oxidation sites excluding steroid dienone is 4. The molecule has 0 saturated heterocycles. The van der Waals surface area contributed by atoms with Gasteiger partial charge in [-0.25, -0.2) is 4.68 Å². The second-order valence-corrected chi connectivity index (χ2v) is 7.74. The summed E-state index contributed by atoms with van der Waals surface area (Å²) >= 11 is 1.39. The summed E-state index contributed by atoms with van der Waals surface area (Å²) in [6, 6.07) is 2.51. The van der Waals surface area contributed by atoms with Crippen molar-refractivity contribution in [2.24, 2.45) is 4.99 Å². The molecule has 0 spiro atoms. The van der Waals surface area contributed by atoms with E-state index in [9.17, 15) is 9.59 Å². The van der Waals surface area contributed by atoms with E-state index < -0.39 is 5.91 Å². The Bertz CT molecular complexity index is 1040. The number of nitriles is 1. The highest BCUT2D eigenvalue weighted by Gasteiger charge is 2.26. The molecule has 2 aliphatic rings. The number of carbonyl (C=O) groups excluding carboxylic acids is 2. The van der Waals surface area contributed by atoms with Gasteiger partial charge in [-0.1, -0.05) is 12.7 Å². The normalized spacial score (nSPS) is 16.1. The van der Waals surface area contributed by atoms with E-state index in [1.54, 1.807) is 23.0 Å². The van der Waals surface area contributed by atoms with Gasteiger partial charge in [0.2, 0.25) is 6.41 Å². The summed E-state index contributed by atoms with van der Waals surface area (Å²) in [5, 5.41) is 21.9. The molecule has 10 heteroatoms. The Labute approximate surface area is 184 Å². The number of hydrogen-bond donors (Lipinski definition) is 3. The van der Waals surface area contributed by atoms with Gasteiger partial charge in [-0.2, -0.15) is 10.4 Å². The van der Waals surface area contributed by atoms with Crippen molar-refractivity contribution in [3.8, 4) is 6.07 Å². The molecule has 2 heterocycles. The van der Waals surface area contributed by atoms with Crippen molar-refractivity contribution >= 4 is 41.7 Å². The summed E-state index contributed by atoms with van der Waals surface area (Å²) in [6.07, 6.45) is 11.2. The van der Waals surface area contributed by atoms with E-state index in [0.717, 1.165) is 35.0 Å². The van der Waals surface area contributed by atoms with Crippen LogP contribution in [-0.4, -0.2) is 46.7 Å². The van der Waals surface area contributed by atoms with Crippen LogP contribution in [0.3, 0.4) is 0 Å². The van der Waals surface area contributed by atoms with Crippen LogP contribution in [0.5, 0.6) is 0 Å². The molecule has 0 atom stereocenters. The minimum Gasteiger partial charge on any atom is -0.367 e. The first-order chi connectivity index (χ1) is 15.1. The van der Waals surface area contributed by atoms with Crippen LogP contribution in [-0.2, 0) is 16.1 Å². The molecule has 0 unspecified atom stereocenters. The number of carbonyl (C=O) groups is 2. The smallest absolute Gasteiger partial charge is 0.267 e. The lowest BCUT2D eigenvalue weighted by atomic mass is 10.2. The molecular weight excluding hydrogens is 414 g/mol. The van der Waals surface area contributed by atoms with Crippen LogP contribution < -0.4 is 16.0 Å². The topological polar surface area (TPSA) is 124 Å². The SMILES string of the molecule is C=C/C=C(\SCC#N)C1=NCc2c(/C=C(\NC=O)C(=O)NC)cnn2C(NC2CC2)=C1. The first-order valence-electron chi connectivity index (χ1n) is 9.68. The zero-order chi connectivity index (χ0) is 22.2. The third-order valence-electron chi connectivity index (χ3n) is 4.53. The summed E-state index contributed by atoms with van der Waals surface area (Å²) in [7, 11) is 1.49. The number of fused-ring (bicyclic) bond motifs is 1. The van der Waals surface area contributed by atoms with Gasteiger partial charge in [-0.3, -0.25) is 14.6 Å². The maximum absolute atomic E-state index is 12.1. The van der Waals surface area contributed by atoms with Crippen LogP contribution in [0, 0.1) is 11.3 Å². The Morgan fingerprint density at radius 3 is 2.94 bits per heavy atom. The molecule has 160 valence electrons. The van der Waals surface area contributed by atoms with Crippen molar-refractivity contribution < 1.29 is 9.59 Å². The molecule has 3 N–H and O–H groups in total. The highest BCUT2D eigenvalue weighted by Crippen LogP contribution is 2.27. The summed E-state index contributed by atoms with van der Waals surface area (Å²) in [4.78, 5) is 28.6. The largest absolute Gasteiger partial charge is 0.367 e. The van der Waals surface area contributed by atoms with Crippen molar-refractivity contribution in [2.45, 2.75) is 25.4 Å². The maximum Gasteiger partial charge on any atom is 0.267 e. The molecule has 1 saturated carbocycles. The molecule has 1 fully saturated rings. The van der Waals surface area contributed by atoms with Crippen molar-refractivity contribution in [2.75, 3.05) is 12.8 Å². The summed E-state index contributed by atoms with van der Waals surface area (Å²) in [5.74, 6) is 0.648. The Morgan fingerprint density at radius 1 is 1.48 bits per heavy atom. The Hall–Kier alpha value is -3.58. The molecule has 2 amide bonds. The van der Waals surface area contributed by atoms with Crippen LogP contribution in [0.4, 0.5) is 0 Å². The number of nitrogens with zero attached hydrogens (tertiary/aromatic N) is 4. The van der Waals surface area contributed by atoms with Gasteiger partial charge >= 0.3 is 0 Å². The van der Waals surface area contributed by atoms with E-state index >= 15 is 0 Å². The zero-order valence-electron chi connectivity index (χ0n) is 17.1. The first-order valence-corrected chi connectivity index (χ1v) is 10.7. The summed E-state index contributed by atoms with van der Waals surface area (Å²) in [5.41, 5.74) is 2.27. The van der Waals surface area contributed by atoms with E-state index in [4.69, 9.17) is 10.3 Å². The lowest BCUT2D eigenvalue weighted by molar-refractivity contribution is -0.118. The van der Waals surface area contributed by atoms with Gasteiger partial charge in [-0.05, 0) is 25.0 Å². The number of aromatic nitrogens is 2. The average molecular weight is 438 g/mol. The fourth-order valence-electron chi connectivity index (χ4n) is 2.91. The molecule has 31 heavy (non-hydrogen) atoms. The molecule has 9 nitrogen and oxygen atoms in total. The minimum absolute atomic E-state index is 0.110. The second-order valence-electron chi connectivity index (χ2n) is 6.72. The fraction of sp³-hybridized carbons (Fsp3) is 0.286. The van der Waals surface area contributed by atoms with E-state index in [2.05, 4.69) is 33.7 Å². The summed E-state index contributed by atoms with van der Waals surface area (Å²) in [6.45, 7) is 4.06. The quantitative estimate of drug-likeness (QED) is 0.290. The number of hydrogen-bond acceptors (Lipinski definition) is 7. The molecule has 0 aromatic carbocycles. The highest BCUT2D eigenvalue weighted by molar-refractivity contribution is 8.04. The lowest BCUT2D eigenvalue weighted by Gasteiger charge is -2.12. The lowest BCUT2D eigenvalue weighted by Crippen LogP contribution is -2.28. The Kier molecular flexibility index (Phi) is 7.45. The van der Waals surface area contributed by atoms with Gasteiger partial charge in [-0.15, -0.1) is 11.8 Å². The number of aliphatic imine (C=N–C) groups is 1. The van der Waals surface area contributed by atoms with Crippen LogP contribution in [0.1, 0.15) is 24.1 Å². The van der Waals surface area contributed by atoms with Gasteiger partial charge in [0.25, 0.3) is 5.91 Å². The van der Waals surface area contributed by atoms with E-state index in [0.29, 0.717) is 30.3 Å². The number of nitrogens with one attached hydrogen (secondary N) is 3. The molecule has 1 aromatic rings. The van der Waals surface area contributed by atoms with E-state index in [1.807, 2.05) is 12.2 Å². The van der Waals surface area contributed by atoms with Gasteiger partial charge in [0, 0.05) is 29.6 Å². The molecule has 3 rings (SSSR count). The molecular formula is C21H23N7O2S. The predicted octanol–water partition coefficient (Wildman–Crippen LogP) is 1.55. The third-order valence-corrected chi connectivity index (χ3v) is 5.46. The Morgan fingerprint density at radius 2 is 2.29 bits per heavy atom. The number of thioether (sulfide) groups is 1.